The second kappa shape index (κ2) is 6.51. The van der Waals surface area contributed by atoms with E-state index in [1.165, 1.54) is 12.1 Å². The molecule has 0 aliphatic carbocycles. The van der Waals surface area contributed by atoms with E-state index in [1.54, 1.807) is 6.92 Å². The number of aliphatic carboxylic acids is 1. The minimum absolute atomic E-state index is 0.0354. The summed E-state index contributed by atoms with van der Waals surface area (Å²) < 4.78 is 26.6. The molecule has 0 aliphatic heterocycles. The Labute approximate surface area is 115 Å². The summed E-state index contributed by atoms with van der Waals surface area (Å²) in [4.78, 5) is 10.4. The van der Waals surface area contributed by atoms with Gasteiger partial charge in [0.1, 0.15) is 4.21 Å². The molecule has 102 valence electrons. The zero-order chi connectivity index (χ0) is 13.8. The number of sulfonamides is 1. The fourth-order valence-corrected chi connectivity index (χ4v) is 3.93. The van der Waals surface area contributed by atoms with Crippen molar-refractivity contribution in [1.29, 1.82) is 0 Å². The van der Waals surface area contributed by atoms with E-state index in [1.807, 2.05) is 0 Å². The maximum Gasteiger partial charge on any atom is 0.303 e. The quantitative estimate of drug-likeness (QED) is 0.808. The molecule has 0 saturated carbocycles. The Morgan fingerprint density at radius 3 is 2.72 bits per heavy atom. The van der Waals surface area contributed by atoms with Gasteiger partial charge in [0, 0.05) is 13.0 Å². The molecule has 0 aromatic carbocycles. The first-order chi connectivity index (χ1) is 8.31. The lowest BCUT2D eigenvalue weighted by Crippen LogP contribution is -2.28. The maximum absolute atomic E-state index is 11.8. The van der Waals surface area contributed by atoms with Gasteiger partial charge in [-0.3, -0.25) is 4.79 Å². The van der Waals surface area contributed by atoms with Crippen LogP contribution in [0.15, 0.2) is 16.3 Å². The summed E-state index contributed by atoms with van der Waals surface area (Å²) in [7, 11) is -3.54. The summed E-state index contributed by atoms with van der Waals surface area (Å²) in [6.07, 6.45) is 0.469. The van der Waals surface area contributed by atoms with Crippen molar-refractivity contribution in [3.8, 4) is 0 Å². The predicted molar refractivity (Wildman–Crippen MR) is 70.6 cm³/mol. The molecule has 1 aromatic rings. The molecule has 0 spiro atoms. The van der Waals surface area contributed by atoms with Crippen LogP contribution in [0, 0.1) is 5.92 Å². The lowest BCUT2D eigenvalue weighted by Gasteiger charge is -2.10. The van der Waals surface area contributed by atoms with E-state index in [-0.39, 0.29) is 23.1 Å². The number of hydrogen-bond acceptors (Lipinski definition) is 4. The van der Waals surface area contributed by atoms with Crippen LogP contribution in [0.2, 0.25) is 4.34 Å². The lowest BCUT2D eigenvalue weighted by atomic mass is 10.1. The largest absolute Gasteiger partial charge is 0.481 e. The molecule has 1 atom stereocenters. The minimum atomic E-state index is -3.54. The van der Waals surface area contributed by atoms with Crippen LogP contribution in [-0.2, 0) is 14.8 Å². The number of carboxylic acid groups (broad SMARTS) is 1. The molecule has 18 heavy (non-hydrogen) atoms. The number of thiophene rings is 1. The molecule has 5 nitrogen and oxygen atoms in total. The highest BCUT2D eigenvalue weighted by atomic mass is 35.5. The molecule has 0 amide bonds. The van der Waals surface area contributed by atoms with Crippen molar-refractivity contribution in [3.05, 3.63) is 16.5 Å². The summed E-state index contributed by atoms with van der Waals surface area (Å²) >= 11 is 6.66. The first-order valence-corrected chi connectivity index (χ1v) is 7.96. The minimum Gasteiger partial charge on any atom is -0.481 e. The van der Waals surface area contributed by atoms with Crippen molar-refractivity contribution in [2.24, 2.45) is 5.92 Å². The second-order valence-electron chi connectivity index (χ2n) is 3.95. The molecule has 8 heteroatoms. The smallest absolute Gasteiger partial charge is 0.303 e. The standard InChI is InChI=1S/C10H14ClNO4S2/c1-7(2-4-9(13)14)6-12-18(15,16)10-5-3-8(11)17-10/h3,5,7,12H,2,4,6H2,1H3,(H,13,14). The van der Waals surface area contributed by atoms with Crippen LogP contribution in [0.4, 0.5) is 0 Å². The number of carbonyl (C=O) groups is 1. The first-order valence-electron chi connectivity index (χ1n) is 5.28. The molecule has 0 radical (unpaired) electrons. The summed E-state index contributed by atoms with van der Waals surface area (Å²) in [5.74, 6) is -0.916. The molecule has 2 N–H and O–H groups in total. The van der Waals surface area contributed by atoms with Crippen molar-refractivity contribution in [3.63, 3.8) is 0 Å². The van der Waals surface area contributed by atoms with Gasteiger partial charge in [0.2, 0.25) is 10.0 Å². The highest BCUT2D eigenvalue weighted by molar-refractivity contribution is 7.91. The van der Waals surface area contributed by atoms with E-state index in [2.05, 4.69) is 4.72 Å². The van der Waals surface area contributed by atoms with Crippen LogP contribution in [0.5, 0.6) is 0 Å². The van der Waals surface area contributed by atoms with E-state index < -0.39 is 16.0 Å². The fraction of sp³-hybridized carbons (Fsp3) is 0.500. The summed E-state index contributed by atoms with van der Waals surface area (Å²) in [6, 6.07) is 2.96. The molecule has 1 aromatic heterocycles. The van der Waals surface area contributed by atoms with Gasteiger partial charge in [-0.05, 0) is 24.5 Å². The number of carboxylic acids is 1. The van der Waals surface area contributed by atoms with Gasteiger partial charge in [0.25, 0.3) is 0 Å². The Balaban J connectivity index is 2.50. The van der Waals surface area contributed by atoms with Gasteiger partial charge >= 0.3 is 5.97 Å². The highest BCUT2D eigenvalue weighted by Crippen LogP contribution is 2.25. The van der Waals surface area contributed by atoms with Gasteiger partial charge < -0.3 is 5.11 Å². The van der Waals surface area contributed by atoms with E-state index in [0.29, 0.717) is 10.8 Å². The molecule has 1 unspecified atom stereocenters. The van der Waals surface area contributed by atoms with E-state index >= 15 is 0 Å². The molecule has 0 fully saturated rings. The molecular weight excluding hydrogens is 298 g/mol. The zero-order valence-electron chi connectivity index (χ0n) is 9.72. The second-order valence-corrected chi connectivity index (χ2v) is 7.66. The molecule has 1 rings (SSSR count). The third kappa shape index (κ3) is 4.93. The average Bonchev–Trinajstić information content (AvgIpc) is 2.71. The Bertz CT molecular complexity index is 512. The third-order valence-electron chi connectivity index (χ3n) is 2.29. The summed E-state index contributed by atoms with van der Waals surface area (Å²) in [6.45, 7) is 2.01. The van der Waals surface area contributed by atoms with E-state index in [4.69, 9.17) is 16.7 Å². The van der Waals surface area contributed by atoms with Crippen molar-refractivity contribution < 1.29 is 18.3 Å². The predicted octanol–water partition coefficient (Wildman–Crippen LogP) is 2.18. The zero-order valence-corrected chi connectivity index (χ0v) is 12.1. The maximum atomic E-state index is 11.8. The Morgan fingerprint density at radius 2 is 2.22 bits per heavy atom. The number of hydrogen-bond donors (Lipinski definition) is 2. The number of halogens is 1. The fourth-order valence-electron chi connectivity index (χ4n) is 1.24. The molecule has 0 bridgehead atoms. The number of rotatable bonds is 7. The van der Waals surface area contributed by atoms with Crippen molar-refractivity contribution >= 4 is 38.9 Å². The number of nitrogens with one attached hydrogen (secondary N) is 1. The van der Waals surface area contributed by atoms with Crippen molar-refractivity contribution in [1.82, 2.24) is 4.72 Å². The normalized spacial score (nSPS) is 13.4. The summed E-state index contributed by atoms with van der Waals surface area (Å²) in [5, 5.41) is 8.52. The van der Waals surface area contributed by atoms with Crippen molar-refractivity contribution in [2.75, 3.05) is 6.54 Å². The lowest BCUT2D eigenvalue weighted by molar-refractivity contribution is -0.137. The summed E-state index contributed by atoms with van der Waals surface area (Å²) in [5.41, 5.74) is 0. The topological polar surface area (TPSA) is 83.5 Å². The van der Waals surface area contributed by atoms with Crippen molar-refractivity contribution in [2.45, 2.75) is 24.0 Å². The van der Waals surface area contributed by atoms with Crippen LogP contribution in [-0.4, -0.2) is 26.0 Å². The van der Waals surface area contributed by atoms with Crippen LogP contribution in [0.25, 0.3) is 0 Å². The highest BCUT2D eigenvalue weighted by Gasteiger charge is 2.17. The van der Waals surface area contributed by atoms with E-state index in [9.17, 15) is 13.2 Å². The first kappa shape index (κ1) is 15.4. The van der Waals surface area contributed by atoms with Gasteiger partial charge in [-0.2, -0.15) is 0 Å². The monoisotopic (exact) mass is 311 g/mol. The van der Waals surface area contributed by atoms with Gasteiger partial charge in [0.05, 0.1) is 4.34 Å². The van der Waals surface area contributed by atoms with Gasteiger partial charge in [-0.15, -0.1) is 11.3 Å². The molecule has 0 aliphatic rings. The van der Waals surface area contributed by atoms with Crippen LogP contribution in [0.3, 0.4) is 0 Å². The van der Waals surface area contributed by atoms with Crippen LogP contribution in [0.1, 0.15) is 19.8 Å². The van der Waals surface area contributed by atoms with Crippen LogP contribution >= 0.6 is 22.9 Å². The third-order valence-corrected chi connectivity index (χ3v) is 5.43. The molecular formula is C10H14ClNO4S2. The Hall–Kier alpha value is -0.630. The molecule has 1 heterocycles. The average molecular weight is 312 g/mol. The van der Waals surface area contributed by atoms with Crippen LogP contribution < -0.4 is 4.72 Å². The molecule has 0 saturated heterocycles. The van der Waals surface area contributed by atoms with E-state index in [0.717, 1.165) is 11.3 Å². The van der Waals surface area contributed by atoms with Gasteiger partial charge in [-0.1, -0.05) is 18.5 Å². The van der Waals surface area contributed by atoms with Gasteiger partial charge in [0.15, 0.2) is 0 Å². The Morgan fingerprint density at radius 1 is 1.56 bits per heavy atom. The SMILES string of the molecule is CC(CCC(=O)O)CNS(=O)(=O)c1ccc(Cl)s1. The Kier molecular flexibility index (Phi) is 5.58. The van der Waals surface area contributed by atoms with Gasteiger partial charge in [-0.25, -0.2) is 13.1 Å².